The maximum atomic E-state index is 12.3. The number of aromatic hydroxyl groups is 1. The molecule has 1 amide bonds. The molecule has 0 aliphatic carbocycles. The van der Waals surface area contributed by atoms with E-state index in [0.29, 0.717) is 31.8 Å². The van der Waals surface area contributed by atoms with Gasteiger partial charge in [0.15, 0.2) is 11.5 Å². The van der Waals surface area contributed by atoms with Gasteiger partial charge >= 0.3 is 0 Å². The van der Waals surface area contributed by atoms with Gasteiger partial charge in [0.1, 0.15) is 5.75 Å². The number of methoxy groups -OCH3 is 2. The molecule has 2 aromatic carbocycles. The molecule has 2 rings (SSSR count). The Morgan fingerprint density at radius 2 is 1.85 bits per heavy atom. The van der Waals surface area contributed by atoms with Crippen molar-refractivity contribution in [1.29, 1.82) is 0 Å². The number of hydrazone groups is 1. The Kier molecular flexibility index (Phi) is 7.39. The average Bonchev–Trinajstić information content (AvgIpc) is 2.68. The van der Waals surface area contributed by atoms with Gasteiger partial charge in [-0.2, -0.15) is 5.10 Å². The van der Waals surface area contributed by atoms with Crippen molar-refractivity contribution in [2.75, 3.05) is 14.2 Å². The Morgan fingerprint density at radius 3 is 2.44 bits per heavy atom. The lowest BCUT2D eigenvalue weighted by molar-refractivity contribution is 0.0954. The van der Waals surface area contributed by atoms with Crippen LogP contribution in [0.4, 0.5) is 0 Å². The summed E-state index contributed by atoms with van der Waals surface area (Å²) in [6.07, 6.45) is 1.41. The summed E-state index contributed by atoms with van der Waals surface area (Å²) < 4.78 is 10.8. The summed E-state index contributed by atoms with van der Waals surface area (Å²) in [7, 11) is 2.85. The Balaban J connectivity index is 2.21. The number of hydrogen-bond acceptors (Lipinski definition) is 7. The molecule has 0 bridgehead atoms. The molecular weight excluding hydrogens is 467 g/mol. The second-order valence-corrected chi connectivity index (χ2v) is 6.55. The molecule has 0 saturated carbocycles. The van der Waals surface area contributed by atoms with E-state index in [2.05, 4.69) is 10.5 Å². The zero-order valence-corrected chi connectivity index (χ0v) is 16.9. The lowest BCUT2D eigenvalue weighted by atomic mass is 10.0. The highest BCUT2D eigenvalue weighted by atomic mass is 127. The summed E-state index contributed by atoms with van der Waals surface area (Å²) in [4.78, 5) is 12.3. The number of phenols is 1. The van der Waals surface area contributed by atoms with Crippen molar-refractivity contribution in [2.24, 2.45) is 5.10 Å². The van der Waals surface area contributed by atoms with Crippen LogP contribution >= 0.6 is 22.6 Å². The first kappa shape index (κ1) is 20.9. The number of carbonyl (C=O) groups excluding carboxylic acids is 1. The van der Waals surface area contributed by atoms with Crippen LogP contribution in [0.1, 0.15) is 27.0 Å². The third kappa shape index (κ3) is 4.87. The Bertz CT molecular complexity index is 844. The second-order valence-electron chi connectivity index (χ2n) is 5.39. The van der Waals surface area contributed by atoms with Gasteiger partial charge in [-0.15, -0.1) is 0 Å². The highest BCUT2D eigenvalue weighted by molar-refractivity contribution is 14.1. The van der Waals surface area contributed by atoms with Gasteiger partial charge in [-0.3, -0.25) is 4.79 Å². The molecule has 0 fully saturated rings. The highest BCUT2D eigenvalue weighted by Gasteiger charge is 2.14. The number of ether oxygens (including phenoxy) is 2. The average molecular weight is 486 g/mol. The fourth-order valence-electron chi connectivity index (χ4n) is 2.39. The number of amides is 1. The predicted molar refractivity (Wildman–Crippen MR) is 107 cm³/mol. The number of carbonyl (C=O) groups is 1. The molecule has 0 atom stereocenters. The van der Waals surface area contributed by atoms with Gasteiger partial charge in [0.25, 0.3) is 5.91 Å². The fourth-order valence-corrected chi connectivity index (χ4v) is 3.02. The van der Waals surface area contributed by atoms with Crippen LogP contribution in [-0.4, -0.2) is 41.7 Å². The minimum atomic E-state index is -0.510. The topological polar surface area (TPSA) is 121 Å². The van der Waals surface area contributed by atoms with E-state index < -0.39 is 5.91 Å². The summed E-state index contributed by atoms with van der Waals surface area (Å²) in [6, 6.07) is 6.18. The van der Waals surface area contributed by atoms with Crippen molar-refractivity contribution in [1.82, 2.24) is 5.43 Å². The Hall–Kier alpha value is -2.37. The number of hydrogen-bond donors (Lipinski definition) is 4. The first-order valence-electron chi connectivity index (χ1n) is 7.76. The molecule has 144 valence electrons. The number of phenolic OH excluding ortho intramolecular Hbond substituents is 1. The summed E-state index contributed by atoms with van der Waals surface area (Å²) in [5.41, 5.74) is 4.05. The molecular formula is C18H19IN2O6. The first-order chi connectivity index (χ1) is 12.9. The van der Waals surface area contributed by atoms with Crippen molar-refractivity contribution in [2.45, 2.75) is 13.2 Å². The first-order valence-corrected chi connectivity index (χ1v) is 8.84. The molecule has 0 saturated heterocycles. The standard InChI is InChI=1S/C18H19IN2O6/c1-26-15-6-11(5-12(8-22)13(15)9-23)18(25)21-20-7-10-3-14(19)17(24)16(4-10)27-2/h3-7,22-24H,8-9H2,1-2H3,(H,21,25)/b20-7+. The molecule has 4 N–H and O–H groups in total. The number of nitrogens with zero attached hydrogens (tertiary/aromatic N) is 1. The molecule has 0 radical (unpaired) electrons. The Morgan fingerprint density at radius 1 is 1.15 bits per heavy atom. The lowest BCUT2D eigenvalue weighted by Crippen LogP contribution is -2.18. The van der Waals surface area contributed by atoms with Gasteiger partial charge < -0.3 is 24.8 Å². The van der Waals surface area contributed by atoms with Crippen LogP contribution in [0.2, 0.25) is 0 Å². The van der Waals surface area contributed by atoms with Gasteiger partial charge in [0, 0.05) is 11.1 Å². The number of rotatable bonds is 7. The molecule has 0 aromatic heterocycles. The quantitative estimate of drug-likeness (QED) is 0.269. The molecule has 2 aromatic rings. The van der Waals surface area contributed by atoms with E-state index in [0.717, 1.165) is 0 Å². The van der Waals surface area contributed by atoms with Crippen molar-refractivity contribution in [3.05, 3.63) is 50.1 Å². The third-order valence-electron chi connectivity index (χ3n) is 3.76. The molecule has 0 spiro atoms. The monoisotopic (exact) mass is 486 g/mol. The van der Waals surface area contributed by atoms with E-state index in [9.17, 15) is 20.1 Å². The maximum Gasteiger partial charge on any atom is 0.271 e. The summed E-state index contributed by atoms with van der Waals surface area (Å²) >= 11 is 1.96. The normalized spacial score (nSPS) is 10.9. The molecule has 9 heteroatoms. The number of halogens is 1. The van der Waals surface area contributed by atoms with E-state index in [-0.39, 0.29) is 24.5 Å². The summed E-state index contributed by atoms with van der Waals surface area (Å²) in [5.74, 6) is 0.124. The van der Waals surface area contributed by atoms with Crippen LogP contribution in [0.5, 0.6) is 17.2 Å². The third-order valence-corrected chi connectivity index (χ3v) is 4.58. The zero-order chi connectivity index (χ0) is 20.0. The van der Waals surface area contributed by atoms with Gasteiger partial charge in [-0.1, -0.05) is 0 Å². The van der Waals surface area contributed by atoms with Crippen LogP contribution in [0, 0.1) is 3.57 Å². The van der Waals surface area contributed by atoms with Gasteiger partial charge in [0.05, 0.1) is 37.2 Å². The van der Waals surface area contributed by atoms with E-state index in [4.69, 9.17) is 9.47 Å². The SMILES string of the molecule is COc1cc(/C=N/NC(=O)c2cc(CO)c(CO)c(OC)c2)cc(I)c1O. The van der Waals surface area contributed by atoms with Crippen molar-refractivity contribution >= 4 is 34.7 Å². The summed E-state index contributed by atoms with van der Waals surface area (Å²) in [6.45, 7) is -0.664. The minimum Gasteiger partial charge on any atom is -0.504 e. The van der Waals surface area contributed by atoms with E-state index in [1.807, 2.05) is 22.6 Å². The van der Waals surface area contributed by atoms with Crippen LogP contribution < -0.4 is 14.9 Å². The van der Waals surface area contributed by atoms with Gasteiger partial charge in [0.2, 0.25) is 0 Å². The molecule has 27 heavy (non-hydrogen) atoms. The van der Waals surface area contributed by atoms with E-state index >= 15 is 0 Å². The molecule has 0 unspecified atom stereocenters. The predicted octanol–water partition coefficient (Wildman–Crippen LogP) is 1.76. The van der Waals surface area contributed by atoms with Crippen LogP contribution in [0.25, 0.3) is 0 Å². The van der Waals surface area contributed by atoms with Crippen molar-refractivity contribution in [3.63, 3.8) is 0 Å². The highest BCUT2D eigenvalue weighted by Crippen LogP contribution is 2.31. The van der Waals surface area contributed by atoms with E-state index in [1.165, 1.54) is 32.6 Å². The van der Waals surface area contributed by atoms with Crippen molar-refractivity contribution < 1.29 is 29.6 Å². The number of aliphatic hydroxyl groups is 2. The number of nitrogens with one attached hydrogen (secondary N) is 1. The summed E-state index contributed by atoms with van der Waals surface area (Å²) in [5, 5.41) is 32.6. The van der Waals surface area contributed by atoms with Crippen LogP contribution in [-0.2, 0) is 13.2 Å². The molecule has 8 nitrogen and oxygen atoms in total. The maximum absolute atomic E-state index is 12.3. The van der Waals surface area contributed by atoms with E-state index in [1.54, 1.807) is 12.1 Å². The minimum absolute atomic E-state index is 0.0342. The largest absolute Gasteiger partial charge is 0.504 e. The molecule has 0 aliphatic heterocycles. The fraction of sp³-hybridized carbons (Fsp3) is 0.222. The number of benzene rings is 2. The lowest BCUT2D eigenvalue weighted by Gasteiger charge is -2.12. The Labute approximate surface area is 169 Å². The smallest absolute Gasteiger partial charge is 0.271 e. The van der Waals surface area contributed by atoms with Gasteiger partial charge in [-0.25, -0.2) is 5.43 Å². The van der Waals surface area contributed by atoms with Crippen LogP contribution in [0.15, 0.2) is 29.4 Å². The van der Waals surface area contributed by atoms with Gasteiger partial charge in [-0.05, 0) is 58.0 Å². The second kappa shape index (κ2) is 9.53. The van der Waals surface area contributed by atoms with Crippen LogP contribution in [0.3, 0.4) is 0 Å². The molecule has 0 aliphatic rings. The molecule has 0 heterocycles. The zero-order valence-electron chi connectivity index (χ0n) is 14.7. The number of aliphatic hydroxyl groups excluding tert-OH is 2. The van der Waals surface area contributed by atoms with Crippen molar-refractivity contribution in [3.8, 4) is 17.2 Å².